The Morgan fingerprint density at radius 2 is 1.93 bits per heavy atom. The molecule has 0 aromatic heterocycles. The van der Waals surface area contributed by atoms with Crippen molar-refractivity contribution < 1.29 is 19.1 Å². The van der Waals surface area contributed by atoms with E-state index >= 15 is 4.39 Å². The molecule has 1 heterocycles. The normalized spacial score (nSPS) is 16.9. The number of rotatable bonds is 12. The van der Waals surface area contributed by atoms with E-state index < -0.39 is 17.5 Å². The van der Waals surface area contributed by atoms with Gasteiger partial charge in [0.1, 0.15) is 11.5 Å². The molecule has 2 atom stereocenters. The Balaban J connectivity index is 1.53. The maximum Gasteiger partial charge on any atom is 0.330 e. The van der Waals surface area contributed by atoms with E-state index in [1.165, 1.54) is 6.07 Å². The van der Waals surface area contributed by atoms with Gasteiger partial charge in [-0.15, -0.1) is 0 Å². The summed E-state index contributed by atoms with van der Waals surface area (Å²) in [5.74, 6) is -0.690. The molecule has 3 amide bonds. The van der Waals surface area contributed by atoms with Gasteiger partial charge in [-0.3, -0.25) is 10.2 Å². The van der Waals surface area contributed by atoms with E-state index in [2.05, 4.69) is 22.2 Å². The van der Waals surface area contributed by atoms with Crippen LogP contribution in [0.15, 0.2) is 66.7 Å². The smallest absolute Gasteiger partial charge is 0.330 e. The standard InChI is InChI=1S/C31H35FN6O3/c1-21(19-38(13-3-12-33)29(40)25-8-6-22(20-39)7-9-25)17-31(35-30(41)36-37-31)27-11-10-26(28(32)16-27)15-23-4-2-5-24(14-23)18-34/h2,4-11,14,16,21,37,39H,3,12-13,15,17,19-20,33H2,1H3,(H2,35,36,41). The summed E-state index contributed by atoms with van der Waals surface area (Å²) in [6.07, 6.45) is 1.31. The first-order valence-corrected chi connectivity index (χ1v) is 13.6. The Hall–Kier alpha value is -4.30. The lowest BCUT2D eigenvalue weighted by molar-refractivity contribution is 0.0714. The number of nitriles is 1. The van der Waals surface area contributed by atoms with Gasteiger partial charge in [-0.2, -0.15) is 5.26 Å². The molecule has 1 saturated heterocycles. The van der Waals surface area contributed by atoms with Gasteiger partial charge in [0.25, 0.3) is 5.91 Å². The van der Waals surface area contributed by atoms with Gasteiger partial charge in [0.05, 0.1) is 18.2 Å². The summed E-state index contributed by atoms with van der Waals surface area (Å²) >= 11 is 0. The second-order valence-corrected chi connectivity index (χ2v) is 10.5. The highest BCUT2D eigenvalue weighted by molar-refractivity contribution is 5.94. The third-order valence-corrected chi connectivity index (χ3v) is 7.20. The fourth-order valence-corrected chi connectivity index (χ4v) is 5.17. The Morgan fingerprint density at radius 3 is 2.56 bits per heavy atom. The molecule has 3 aromatic rings. The van der Waals surface area contributed by atoms with Crippen LogP contribution >= 0.6 is 0 Å². The lowest BCUT2D eigenvalue weighted by atomic mass is 9.88. The monoisotopic (exact) mass is 558 g/mol. The SMILES string of the molecule is CC(CN(CCCN)C(=O)c1ccc(CO)cc1)CC1(c2ccc(Cc3cccc(C#N)c3)c(F)c2)NNC(=O)N1. The zero-order valence-corrected chi connectivity index (χ0v) is 23.0. The molecular weight excluding hydrogens is 523 g/mol. The minimum atomic E-state index is -1.10. The van der Waals surface area contributed by atoms with E-state index in [4.69, 9.17) is 11.0 Å². The molecule has 0 radical (unpaired) electrons. The summed E-state index contributed by atoms with van der Waals surface area (Å²) in [5.41, 5.74) is 13.8. The fourth-order valence-electron chi connectivity index (χ4n) is 5.17. The van der Waals surface area contributed by atoms with E-state index in [9.17, 15) is 14.7 Å². The maximum absolute atomic E-state index is 15.4. The molecule has 214 valence electrons. The van der Waals surface area contributed by atoms with Gasteiger partial charge in [-0.05, 0) is 77.9 Å². The third-order valence-electron chi connectivity index (χ3n) is 7.20. The van der Waals surface area contributed by atoms with Crippen LogP contribution in [0.2, 0.25) is 0 Å². The molecule has 3 aromatic carbocycles. The zero-order chi connectivity index (χ0) is 29.4. The van der Waals surface area contributed by atoms with Crippen LogP contribution in [0.5, 0.6) is 0 Å². The molecule has 1 fully saturated rings. The molecule has 0 bridgehead atoms. The minimum absolute atomic E-state index is 0.104. The number of urea groups is 1. The van der Waals surface area contributed by atoms with Crippen molar-refractivity contribution >= 4 is 11.9 Å². The van der Waals surface area contributed by atoms with Crippen molar-refractivity contribution in [2.24, 2.45) is 11.7 Å². The Kier molecular flexibility index (Phi) is 9.68. The van der Waals surface area contributed by atoms with Gasteiger partial charge in [0.2, 0.25) is 0 Å². The van der Waals surface area contributed by atoms with Gasteiger partial charge in [0.15, 0.2) is 0 Å². The molecule has 2 unspecified atom stereocenters. The van der Waals surface area contributed by atoms with Crippen LogP contribution in [0.25, 0.3) is 0 Å². The summed E-state index contributed by atoms with van der Waals surface area (Å²) in [6.45, 7) is 3.14. The van der Waals surface area contributed by atoms with Crippen molar-refractivity contribution in [1.82, 2.24) is 21.1 Å². The number of nitrogens with one attached hydrogen (secondary N) is 3. The van der Waals surface area contributed by atoms with E-state index in [0.717, 1.165) is 11.1 Å². The number of aliphatic hydroxyl groups excluding tert-OH is 1. The van der Waals surface area contributed by atoms with Gasteiger partial charge < -0.3 is 21.1 Å². The van der Waals surface area contributed by atoms with Gasteiger partial charge >= 0.3 is 6.03 Å². The number of amides is 3. The van der Waals surface area contributed by atoms with E-state index in [-0.39, 0.29) is 18.4 Å². The molecule has 10 heteroatoms. The van der Waals surface area contributed by atoms with Crippen LogP contribution in [0, 0.1) is 23.1 Å². The van der Waals surface area contributed by atoms with Crippen LogP contribution < -0.4 is 21.9 Å². The highest BCUT2D eigenvalue weighted by Crippen LogP contribution is 2.30. The maximum atomic E-state index is 15.4. The predicted molar refractivity (Wildman–Crippen MR) is 153 cm³/mol. The van der Waals surface area contributed by atoms with Crippen LogP contribution in [-0.4, -0.2) is 41.6 Å². The number of aliphatic hydroxyl groups is 1. The summed E-state index contributed by atoms with van der Waals surface area (Å²) in [6, 6.07) is 20.4. The predicted octanol–water partition coefficient (Wildman–Crippen LogP) is 3.27. The minimum Gasteiger partial charge on any atom is -0.392 e. The van der Waals surface area contributed by atoms with Crippen molar-refractivity contribution in [3.8, 4) is 6.07 Å². The van der Waals surface area contributed by atoms with Crippen molar-refractivity contribution in [3.05, 3.63) is 106 Å². The van der Waals surface area contributed by atoms with Crippen molar-refractivity contribution in [3.63, 3.8) is 0 Å². The number of benzene rings is 3. The quantitative estimate of drug-likeness (QED) is 0.231. The Bertz CT molecular complexity index is 1420. The van der Waals surface area contributed by atoms with Crippen molar-refractivity contribution in [2.45, 2.75) is 38.5 Å². The number of halogens is 1. The van der Waals surface area contributed by atoms with E-state index in [1.807, 2.05) is 13.0 Å². The molecule has 9 nitrogen and oxygen atoms in total. The first kappa shape index (κ1) is 29.7. The average Bonchev–Trinajstić information content (AvgIpc) is 3.36. The second kappa shape index (κ2) is 13.4. The first-order valence-electron chi connectivity index (χ1n) is 13.6. The Labute approximate surface area is 239 Å². The lowest BCUT2D eigenvalue weighted by Crippen LogP contribution is -2.50. The second-order valence-electron chi connectivity index (χ2n) is 10.5. The van der Waals surface area contributed by atoms with Crippen LogP contribution in [0.1, 0.15) is 57.9 Å². The largest absolute Gasteiger partial charge is 0.392 e. The van der Waals surface area contributed by atoms with Crippen molar-refractivity contribution in [1.29, 1.82) is 5.26 Å². The number of carbonyl (C=O) groups is 2. The number of carbonyl (C=O) groups excluding carboxylic acids is 2. The topological polar surface area (TPSA) is 144 Å². The van der Waals surface area contributed by atoms with E-state index in [1.54, 1.807) is 59.5 Å². The summed E-state index contributed by atoms with van der Waals surface area (Å²) in [5, 5.41) is 21.4. The number of hydrogen-bond donors (Lipinski definition) is 5. The molecule has 0 spiro atoms. The zero-order valence-electron chi connectivity index (χ0n) is 23.0. The Morgan fingerprint density at radius 1 is 1.15 bits per heavy atom. The van der Waals surface area contributed by atoms with Crippen LogP contribution in [0.3, 0.4) is 0 Å². The summed E-state index contributed by atoms with van der Waals surface area (Å²) < 4.78 is 15.4. The molecule has 1 aliphatic heterocycles. The average molecular weight is 559 g/mol. The number of nitrogens with zero attached hydrogens (tertiary/aromatic N) is 2. The highest BCUT2D eigenvalue weighted by atomic mass is 19.1. The summed E-state index contributed by atoms with van der Waals surface area (Å²) in [7, 11) is 0. The van der Waals surface area contributed by atoms with Gasteiger partial charge in [-0.1, -0.05) is 43.3 Å². The molecule has 0 aliphatic carbocycles. The van der Waals surface area contributed by atoms with E-state index in [0.29, 0.717) is 61.2 Å². The third kappa shape index (κ3) is 7.27. The lowest BCUT2D eigenvalue weighted by Gasteiger charge is -2.34. The fraction of sp³-hybridized carbons (Fsp3) is 0.323. The first-order chi connectivity index (χ1) is 19.8. The highest BCUT2D eigenvalue weighted by Gasteiger charge is 2.41. The molecule has 41 heavy (non-hydrogen) atoms. The van der Waals surface area contributed by atoms with Crippen molar-refractivity contribution in [2.75, 3.05) is 19.6 Å². The molecule has 4 rings (SSSR count). The van der Waals surface area contributed by atoms with Crippen LogP contribution in [-0.2, 0) is 18.7 Å². The van der Waals surface area contributed by atoms with Gasteiger partial charge in [0, 0.05) is 25.1 Å². The number of nitrogens with two attached hydrogens (primary N) is 1. The van der Waals surface area contributed by atoms with Crippen LogP contribution in [0.4, 0.5) is 9.18 Å². The molecule has 6 N–H and O–H groups in total. The van der Waals surface area contributed by atoms with Gasteiger partial charge in [-0.25, -0.2) is 14.6 Å². The number of hydrogen-bond acceptors (Lipinski definition) is 6. The molecule has 1 aliphatic rings. The number of hydrazine groups is 1. The molecule has 0 saturated carbocycles. The summed E-state index contributed by atoms with van der Waals surface area (Å²) in [4.78, 5) is 27.4. The molecular formula is C31H35FN6O3.